The van der Waals surface area contributed by atoms with Crippen LogP contribution in [0.5, 0.6) is 0 Å². The lowest BCUT2D eigenvalue weighted by Gasteiger charge is -2.42. The highest BCUT2D eigenvalue weighted by Gasteiger charge is 2.44. The number of benzene rings is 1. The molecule has 3 heterocycles. The number of piperidine rings is 1. The number of rotatable bonds is 6. The van der Waals surface area contributed by atoms with Gasteiger partial charge >= 0.3 is 0 Å². The Bertz CT molecular complexity index is 1030. The number of hydrogen-bond donors (Lipinski definition) is 2. The first-order valence-electron chi connectivity index (χ1n) is 10.7. The van der Waals surface area contributed by atoms with Crippen LogP contribution in [0.2, 0.25) is 0 Å². The van der Waals surface area contributed by atoms with E-state index in [2.05, 4.69) is 39.1 Å². The van der Waals surface area contributed by atoms with Gasteiger partial charge in [0, 0.05) is 30.2 Å². The first-order chi connectivity index (χ1) is 15.0. The Balaban J connectivity index is 1.68. The molecule has 7 heteroatoms. The molecule has 0 radical (unpaired) electrons. The zero-order valence-corrected chi connectivity index (χ0v) is 18.7. The summed E-state index contributed by atoms with van der Waals surface area (Å²) in [6.07, 6.45) is 3.70. The van der Waals surface area contributed by atoms with Crippen LogP contribution in [0.1, 0.15) is 42.7 Å². The summed E-state index contributed by atoms with van der Waals surface area (Å²) in [4.78, 5) is 29.5. The summed E-state index contributed by atoms with van der Waals surface area (Å²) in [5, 5.41) is 11.9. The smallest absolute Gasteiger partial charge is 0.271 e. The Hall–Kier alpha value is -2.93. The van der Waals surface area contributed by atoms with Crippen molar-refractivity contribution in [2.75, 3.05) is 13.1 Å². The van der Waals surface area contributed by atoms with Gasteiger partial charge in [0.15, 0.2) is 0 Å². The number of amides is 2. The van der Waals surface area contributed by atoms with Gasteiger partial charge in [0.1, 0.15) is 5.69 Å². The molecule has 1 aromatic carbocycles. The van der Waals surface area contributed by atoms with Crippen molar-refractivity contribution in [1.82, 2.24) is 20.4 Å². The molecule has 0 aliphatic carbocycles. The van der Waals surface area contributed by atoms with Crippen LogP contribution in [-0.2, 0) is 11.2 Å². The van der Waals surface area contributed by atoms with Crippen molar-refractivity contribution in [2.24, 2.45) is 5.41 Å². The molecule has 2 aromatic heterocycles. The van der Waals surface area contributed by atoms with Gasteiger partial charge in [-0.3, -0.25) is 14.7 Å². The Morgan fingerprint density at radius 3 is 2.77 bits per heavy atom. The maximum atomic E-state index is 13.5. The van der Waals surface area contributed by atoms with Gasteiger partial charge in [-0.25, -0.2) is 0 Å². The second-order valence-electron chi connectivity index (χ2n) is 8.52. The maximum Gasteiger partial charge on any atom is 0.271 e. The summed E-state index contributed by atoms with van der Waals surface area (Å²) in [6.45, 7) is 4.98. The van der Waals surface area contributed by atoms with Crippen LogP contribution in [0.15, 0.2) is 54.0 Å². The van der Waals surface area contributed by atoms with Crippen LogP contribution in [-0.4, -0.2) is 46.0 Å². The second kappa shape index (κ2) is 9.06. The summed E-state index contributed by atoms with van der Waals surface area (Å²) in [7, 11) is 0. The fourth-order valence-corrected chi connectivity index (χ4v) is 5.17. The van der Waals surface area contributed by atoms with E-state index in [1.54, 1.807) is 28.5 Å². The number of aromatic nitrogens is 2. The molecule has 3 aromatic rings. The highest BCUT2D eigenvalue weighted by molar-refractivity contribution is 7.13. The number of nitrogens with one attached hydrogen (secondary N) is 2. The fourth-order valence-electron chi connectivity index (χ4n) is 4.39. The quantitative estimate of drug-likeness (QED) is 0.610. The number of likely N-dealkylation sites (tertiary alicyclic amines) is 1. The predicted octanol–water partition coefficient (Wildman–Crippen LogP) is 4.13. The van der Waals surface area contributed by atoms with Crippen molar-refractivity contribution in [3.8, 4) is 10.4 Å². The largest absolute Gasteiger partial charge is 0.353 e. The molecule has 31 heavy (non-hydrogen) atoms. The van der Waals surface area contributed by atoms with E-state index < -0.39 is 5.41 Å². The van der Waals surface area contributed by atoms with Gasteiger partial charge in [-0.15, -0.1) is 11.3 Å². The highest BCUT2D eigenvalue weighted by Crippen LogP contribution is 2.38. The van der Waals surface area contributed by atoms with Crippen molar-refractivity contribution in [1.29, 1.82) is 0 Å². The third kappa shape index (κ3) is 4.56. The van der Waals surface area contributed by atoms with Gasteiger partial charge < -0.3 is 10.2 Å². The van der Waals surface area contributed by atoms with Gasteiger partial charge in [0.2, 0.25) is 5.91 Å². The van der Waals surface area contributed by atoms with Crippen molar-refractivity contribution in [2.45, 2.75) is 39.2 Å². The van der Waals surface area contributed by atoms with Gasteiger partial charge in [-0.05, 0) is 61.7 Å². The molecule has 1 atom stereocenters. The second-order valence-corrected chi connectivity index (χ2v) is 9.47. The Morgan fingerprint density at radius 2 is 2.06 bits per heavy atom. The summed E-state index contributed by atoms with van der Waals surface area (Å²) >= 11 is 1.70. The minimum absolute atomic E-state index is 0.0191. The van der Waals surface area contributed by atoms with Crippen molar-refractivity contribution >= 4 is 23.2 Å². The molecule has 1 aliphatic rings. The van der Waals surface area contributed by atoms with Crippen molar-refractivity contribution in [3.63, 3.8) is 0 Å². The molecule has 0 spiro atoms. The molecule has 1 unspecified atom stereocenters. The zero-order valence-electron chi connectivity index (χ0n) is 17.9. The molecule has 0 saturated carbocycles. The Morgan fingerprint density at radius 1 is 1.23 bits per heavy atom. The topological polar surface area (TPSA) is 78.1 Å². The summed E-state index contributed by atoms with van der Waals surface area (Å²) < 4.78 is 0. The lowest BCUT2D eigenvalue weighted by Crippen LogP contribution is -2.55. The first kappa shape index (κ1) is 21.3. The molecule has 1 saturated heterocycles. The Kier molecular flexibility index (Phi) is 6.23. The number of H-pyrrole nitrogens is 1. The molecule has 1 aliphatic heterocycles. The molecular formula is C24H28N4O2S. The number of thiophene rings is 1. The molecule has 162 valence electrons. The van der Waals surface area contributed by atoms with E-state index in [0.29, 0.717) is 25.2 Å². The van der Waals surface area contributed by atoms with Crippen LogP contribution in [0.3, 0.4) is 0 Å². The molecule has 6 nitrogen and oxygen atoms in total. The van der Waals surface area contributed by atoms with E-state index in [-0.39, 0.29) is 17.9 Å². The molecular weight excluding hydrogens is 408 g/mol. The molecule has 4 rings (SSSR count). The lowest BCUT2D eigenvalue weighted by molar-refractivity contribution is -0.134. The van der Waals surface area contributed by atoms with E-state index in [1.807, 2.05) is 32.0 Å². The standard InChI is InChI=1S/C24H28N4O2S/c1-17(2)26-23(30)24(11-6-13-28(16-24)22(29)20-10-12-25-27-20)15-18-7-3-4-8-19(18)21-9-5-14-31-21/h3-5,7-10,12,14,17H,6,11,13,15-16H2,1-2H3,(H,25,27)(H,26,30). The van der Waals surface area contributed by atoms with Crippen molar-refractivity contribution in [3.05, 3.63) is 65.3 Å². The van der Waals surface area contributed by atoms with E-state index >= 15 is 0 Å². The van der Waals surface area contributed by atoms with Gasteiger partial charge in [-0.2, -0.15) is 5.10 Å². The highest BCUT2D eigenvalue weighted by atomic mass is 32.1. The van der Waals surface area contributed by atoms with Crippen LogP contribution in [0, 0.1) is 5.41 Å². The fraction of sp³-hybridized carbons (Fsp3) is 0.375. The average molecular weight is 437 g/mol. The predicted molar refractivity (Wildman–Crippen MR) is 123 cm³/mol. The summed E-state index contributed by atoms with van der Waals surface area (Å²) in [6, 6.07) is 14.2. The van der Waals surface area contributed by atoms with Crippen molar-refractivity contribution < 1.29 is 9.59 Å². The number of aromatic amines is 1. The van der Waals surface area contributed by atoms with Gasteiger partial charge in [0.25, 0.3) is 5.91 Å². The Labute approximate surface area is 186 Å². The number of nitrogens with zero attached hydrogens (tertiary/aromatic N) is 2. The van der Waals surface area contributed by atoms with E-state index in [0.717, 1.165) is 24.0 Å². The van der Waals surface area contributed by atoms with Crippen LogP contribution in [0.4, 0.5) is 0 Å². The average Bonchev–Trinajstić information content (AvgIpc) is 3.48. The van der Waals surface area contributed by atoms with E-state index in [9.17, 15) is 9.59 Å². The molecule has 2 amide bonds. The number of hydrogen-bond acceptors (Lipinski definition) is 4. The molecule has 2 N–H and O–H groups in total. The normalized spacial score (nSPS) is 18.9. The zero-order chi connectivity index (χ0) is 21.8. The van der Waals surface area contributed by atoms with E-state index in [4.69, 9.17) is 0 Å². The maximum absolute atomic E-state index is 13.5. The van der Waals surface area contributed by atoms with Crippen LogP contribution in [0.25, 0.3) is 10.4 Å². The number of carbonyl (C=O) groups is 2. The minimum atomic E-state index is -0.675. The summed E-state index contributed by atoms with van der Waals surface area (Å²) in [5.74, 6) is -0.0870. The lowest BCUT2D eigenvalue weighted by atomic mass is 9.73. The third-order valence-corrected chi connectivity index (χ3v) is 6.73. The third-order valence-electron chi connectivity index (χ3n) is 5.83. The SMILES string of the molecule is CC(C)NC(=O)C1(Cc2ccccc2-c2cccs2)CCCN(C(=O)c2ccn[nH]2)C1. The summed E-state index contributed by atoms with van der Waals surface area (Å²) in [5.41, 5.74) is 2.08. The monoisotopic (exact) mass is 436 g/mol. The van der Waals surface area contributed by atoms with Gasteiger partial charge in [-0.1, -0.05) is 30.3 Å². The number of carbonyl (C=O) groups excluding carboxylic acids is 2. The van der Waals surface area contributed by atoms with Crippen LogP contribution < -0.4 is 5.32 Å². The minimum Gasteiger partial charge on any atom is -0.353 e. The van der Waals surface area contributed by atoms with E-state index in [1.165, 1.54) is 4.88 Å². The van der Waals surface area contributed by atoms with Crippen LogP contribution >= 0.6 is 11.3 Å². The molecule has 0 bridgehead atoms. The molecule has 1 fully saturated rings. The first-order valence-corrected chi connectivity index (χ1v) is 11.6. The van der Waals surface area contributed by atoms with Gasteiger partial charge in [0.05, 0.1) is 5.41 Å².